The van der Waals surface area contributed by atoms with Crippen molar-refractivity contribution in [2.45, 2.75) is 109 Å². The number of hydrogen-bond acceptors (Lipinski definition) is 7. The van der Waals surface area contributed by atoms with E-state index in [0.29, 0.717) is 45.1 Å². The van der Waals surface area contributed by atoms with Crippen molar-refractivity contribution >= 4 is 0 Å². The van der Waals surface area contributed by atoms with Gasteiger partial charge in [0.25, 0.3) is 0 Å². The van der Waals surface area contributed by atoms with Gasteiger partial charge >= 0.3 is 0 Å². The fourth-order valence-corrected chi connectivity index (χ4v) is 8.52. The van der Waals surface area contributed by atoms with Crippen LogP contribution in [-0.2, 0) is 15.9 Å². The largest absolute Gasteiger partial charge is 0.392 e. The molecule has 208 valence electrons. The Kier molecular flexibility index (Phi) is 7.32. The Morgan fingerprint density at radius 2 is 1.81 bits per heavy atom. The van der Waals surface area contributed by atoms with E-state index in [2.05, 4.69) is 0 Å². The molecule has 0 radical (unpaired) electrons. The summed E-state index contributed by atoms with van der Waals surface area (Å²) in [4.78, 5) is 0. The van der Waals surface area contributed by atoms with Crippen LogP contribution in [-0.4, -0.2) is 74.6 Å². The zero-order valence-electron chi connectivity index (χ0n) is 22.7. The van der Waals surface area contributed by atoms with Crippen molar-refractivity contribution in [2.24, 2.45) is 34.5 Å². The maximum Gasteiger partial charge on any atom is 0.155 e. The van der Waals surface area contributed by atoms with E-state index in [1.165, 1.54) is 0 Å². The smallest absolute Gasteiger partial charge is 0.155 e. The highest BCUT2D eigenvalue weighted by Crippen LogP contribution is 2.62. The van der Waals surface area contributed by atoms with Crippen molar-refractivity contribution in [1.29, 1.82) is 0 Å². The molecule has 0 spiro atoms. The molecule has 0 amide bonds. The maximum atomic E-state index is 12.4. The fraction of sp³-hybridized carbons (Fsp3) is 0.800. The summed E-state index contributed by atoms with van der Waals surface area (Å²) in [6.45, 7) is 8.42. The Labute approximate surface area is 220 Å². The zero-order valence-corrected chi connectivity index (χ0v) is 22.7. The minimum absolute atomic E-state index is 0.0695. The van der Waals surface area contributed by atoms with Gasteiger partial charge in [-0.1, -0.05) is 58.0 Å². The van der Waals surface area contributed by atoms with Crippen LogP contribution in [0.4, 0.5) is 0 Å². The van der Waals surface area contributed by atoms with E-state index < -0.39 is 47.0 Å². The second-order valence-corrected chi connectivity index (χ2v) is 13.2. The topological polar surface area (TPSA) is 120 Å². The van der Waals surface area contributed by atoms with Gasteiger partial charge < -0.3 is 35.0 Å². The van der Waals surface area contributed by atoms with Crippen molar-refractivity contribution < 1.29 is 35.0 Å². The third-order valence-corrected chi connectivity index (χ3v) is 11.2. The number of aliphatic hydroxyl groups excluding tert-OH is 4. The summed E-state index contributed by atoms with van der Waals surface area (Å²) < 4.78 is 12.0. The van der Waals surface area contributed by atoms with Crippen molar-refractivity contribution in [3.05, 3.63) is 35.9 Å². The van der Waals surface area contributed by atoms with Gasteiger partial charge in [0.15, 0.2) is 6.29 Å². The molecule has 1 aliphatic heterocycles. The van der Waals surface area contributed by atoms with E-state index in [4.69, 9.17) is 9.47 Å². The third kappa shape index (κ3) is 4.39. The number of fused-ring (bicyclic) bond motifs is 5. The molecule has 2 bridgehead atoms. The number of aryl methyl sites for hydroxylation is 1. The zero-order chi connectivity index (χ0) is 26.8. The van der Waals surface area contributed by atoms with Gasteiger partial charge in [0, 0.05) is 30.1 Å². The third-order valence-electron chi connectivity index (χ3n) is 11.2. The van der Waals surface area contributed by atoms with E-state index in [1.807, 2.05) is 58.0 Å². The fourth-order valence-electron chi connectivity index (χ4n) is 8.52. The van der Waals surface area contributed by atoms with Crippen LogP contribution < -0.4 is 0 Å². The number of rotatable bonds is 5. The highest BCUT2D eigenvalue weighted by atomic mass is 16.6. The van der Waals surface area contributed by atoms with E-state index in [-0.39, 0.29) is 30.0 Å². The highest BCUT2D eigenvalue weighted by Gasteiger charge is 2.67. The summed E-state index contributed by atoms with van der Waals surface area (Å²) in [5.41, 5.74) is -1.69. The van der Waals surface area contributed by atoms with E-state index >= 15 is 0 Å². The molecule has 4 fully saturated rings. The molecule has 3 aliphatic carbocycles. The first-order valence-corrected chi connectivity index (χ1v) is 14.2. The van der Waals surface area contributed by atoms with E-state index in [1.54, 1.807) is 0 Å². The molecule has 5 N–H and O–H groups in total. The van der Waals surface area contributed by atoms with Crippen LogP contribution in [0.5, 0.6) is 0 Å². The second kappa shape index (κ2) is 9.84. The van der Waals surface area contributed by atoms with Gasteiger partial charge in [-0.15, -0.1) is 0 Å². The molecule has 5 rings (SSSR count). The average Bonchev–Trinajstić information content (AvgIpc) is 2.91. The van der Waals surface area contributed by atoms with Crippen LogP contribution in [0.3, 0.4) is 0 Å². The molecule has 1 heterocycles. The number of benzene rings is 1. The second-order valence-electron chi connectivity index (χ2n) is 13.2. The summed E-state index contributed by atoms with van der Waals surface area (Å²) >= 11 is 0. The van der Waals surface area contributed by atoms with Crippen LogP contribution in [0.2, 0.25) is 0 Å². The first-order valence-electron chi connectivity index (χ1n) is 14.2. The van der Waals surface area contributed by atoms with Crippen molar-refractivity contribution in [3.8, 4) is 0 Å². The van der Waals surface area contributed by atoms with Crippen LogP contribution >= 0.6 is 0 Å². The van der Waals surface area contributed by atoms with Gasteiger partial charge in [0.05, 0.1) is 42.7 Å². The Morgan fingerprint density at radius 1 is 1.11 bits per heavy atom. The summed E-state index contributed by atoms with van der Waals surface area (Å²) in [6, 6.07) is 9.97. The summed E-state index contributed by atoms with van der Waals surface area (Å²) in [7, 11) is 0. The molecule has 1 aromatic rings. The Balaban J connectivity index is 1.43. The molecular weight excluding hydrogens is 472 g/mol. The van der Waals surface area contributed by atoms with Crippen LogP contribution in [0.1, 0.15) is 65.4 Å². The van der Waals surface area contributed by atoms with Gasteiger partial charge in [0.1, 0.15) is 0 Å². The standard InChI is InChI=1S/C30H46O7/c1-17-21(37-24(32)11-10-18-8-6-5-7-9-18)12-13-30(35)15-20-19-16-36-22(19)14-23(31)29(20,4)27(34)26(33)25(17)28(30,2)3/h5-9,17,19-27,31-35H,10-16H2,1-4H3/t17?,19?,20?,21-,22?,23?,24?,25?,26?,27?,29?,30?/m0/s1. The molecule has 37 heavy (non-hydrogen) atoms. The molecule has 7 heteroatoms. The first kappa shape index (κ1) is 27.5. The Bertz CT molecular complexity index is 939. The molecular formula is C30H46O7. The average molecular weight is 519 g/mol. The summed E-state index contributed by atoms with van der Waals surface area (Å²) in [5.74, 6) is -0.782. The van der Waals surface area contributed by atoms with Gasteiger partial charge in [-0.05, 0) is 48.5 Å². The van der Waals surface area contributed by atoms with Gasteiger partial charge in [0.2, 0.25) is 0 Å². The van der Waals surface area contributed by atoms with Crippen LogP contribution in [0, 0.1) is 34.5 Å². The number of ether oxygens (including phenoxy) is 2. The van der Waals surface area contributed by atoms with Gasteiger partial charge in [-0.3, -0.25) is 0 Å². The van der Waals surface area contributed by atoms with E-state index in [9.17, 15) is 25.5 Å². The Hall–Kier alpha value is -1.06. The lowest BCUT2D eigenvalue weighted by molar-refractivity contribution is -0.290. The molecule has 3 saturated carbocycles. The molecule has 1 saturated heterocycles. The normalized spacial score (nSPS) is 47.9. The van der Waals surface area contributed by atoms with E-state index in [0.717, 1.165) is 5.56 Å². The molecule has 11 unspecified atom stereocenters. The number of hydrogen-bond donors (Lipinski definition) is 5. The van der Waals surface area contributed by atoms with Crippen molar-refractivity contribution in [3.63, 3.8) is 0 Å². The quantitative estimate of drug-likeness (QED) is 0.380. The number of aliphatic hydroxyl groups is 5. The maximum absolute atomic E-state index is 12.4. The molecule has 0 aromatic heterocycles. The minimum atomic E-state index is -1.16. The Morgan fingerprint density at radius 3 is 2.46 bits per heavy atom. The van der Waals surface area contributed by atoms with Crippen molar-refractivity contribution in [2.75, 3.05) is 6.61 Å². The highest BCUT2D eigenvalue weighted by molar-refractivity contribution is 5.17. The summed E-state index contributed by atoms with van der Waals surface area (Å²) in [5, 5.41) is 58.0. The van der Waals surface area contributed by atoms with Crippen LogP contribution in [0.25, 0.3) is 0 Å². The predicted molar refractivity (Wildman–Crippen MR) is 138 cm³/mol. The molecule has 4 aliphatic rings. The van der Waals surface area contributed by atoms with Gasteiger partial charge in [-0.2, -0.15) is 0 Å². The van der Waals surface area contributed by atoms with Crippen LogP contribution in [0.15, 0.2) is 30.3 Å². The molecule has 1 aromatic carbocycles. The predicted octanol–water partition coefficient (Wildman–Crippen LogP) is 2.65. The summed E-state index contributed by atoms with van der Waals surface area (Å²) in [6.07, 6.45) is -1.59. The lowest BCUT2D eigenvalue weighted by Crippen LogP contribution is -2.70. The lowest BCUT2D eigenvalue weighted by atomic mass is 9.47. The van der Waals surface area contributed by atoms with Gasteiger partial charge in [-0.25, -0.2) is 0 Å². The monoisotopic (exact) mass is 518 g/mol. The molecule has 7 nitrogen and oxygen atoms in total. The SMILES string of the molecule is CC1C2C(O)C(O)C3(C)C(O)CC4OCC4C3CC(O)(CC[C@@H]1OC(O)CCc1ccccc1)C2(C)C. The van der Waals surface area contributed by atoms with Crippen molar-refractivity contribution in [1.82, 2.24) is 0 Å². The lowest BCUT2D eigenvalue weighted by Gasteiger charge is -2.64. The minimum Gasteiger partial charge on any atom is -0.392 e. The first-order chi connectivity index (χ1) is 17.4. The molecule has 12 atom stereocenters.